The van der Waals surface area contributed by atoms with E-state index in [-0.39, 0.29) is 5.82 Å². The summed E-state index contributed by atoms with van der Waals surface area (Å²) >= 11 is 0. The van der Waals surface area contributed by atoms with Gasteiger partial charge in [-0.25, -0.2) is 4.98 Å². The van der Waals surface area contributed by atoms with Crippen molar-refractivity contribution in [1.29, 1.82) is 0 Å². The summed E-state index contributed by atoms with van der Waals surface area (Å²) in [4.78, 5) is 14.0. The number of anilines is 2. The minimum absolute atomic E-state index is 0.258. The number of piperidine rings is 1. The molecule has 0 aliphatic carbocycles. The Balaban J connectivity index is 1.43. The van der Waals surface area contributed by atoms with Crippen LogP contribution in [0.5, 0.6) is 5.75 Å². The van der Waals surface area contributed by atoms with E-state index in [0.29, 0.717) is 17.7 Å². The Labute approximate surface area is 188 Å². The standard InChI is InChI=1S/C24H29N7O/c1-16(2)31-9-7-17(8-10-31)11-18-5-6-19(21(12-18)32-4)20-13-22(30-29-20)28-24-15-26-23(25-3)14-27-24/h5-6,12-17H,7-11H2,1-2,4H3,(H2,27,28,29,30). The Morgan fingerprint density at radius 3 is 2.66 bits per heavy atom. The first kappa shape index (κ1) is 21.8. The van der Waals surface area contributed by atoms with Gasteiger partial charge in [-0.05, 0) is 69.8 Å². The largest absolute Gasteiger partial charge is 0.496 e. The molecule has 3 heterocycles. The number of likely N-dealkylation sites (tertiary alicyclic amines) is 1. The molecule has 32 heavy (non-hydrogen) atoms. The third-order valence-corrected chi connectivity index (χ3v) is 6.05. The molecular formula is C24H29N7O. The molecule has 166 valence electrons. The summed E-state index contributed by atoms with van der Waals surface area (Å²) in [5, 5.41) is 10.5. The first-order chi connectivity index (χ1) is 15.6. The van der Waals surface area contributed by atoms with Gasteiger partial charge in [0.25, 0.3) is 5.82 Å². The number of rotatable bonds is 7. The fourth-order valence-electron chi connectivity index (χ4n) is 4.19. The Morgan fingerprint density at radius 2 is 2.00 bits per heavy atom. The van der Waals surface area contributed by atoms with Gasteiger partial charge in [-0.2, -0.15) is 5.10 Å². The Hall–Kier alpha value is -3.44. The number of benzene rings is 1. The molecule has 0 atom stereocenters. The summed E-state index contributed by atoms with van der Waals surface area (Å²) in [5.74, 6) is 2.96. The van der Waals surface area contributed by atoms with Crippen molar-refractivity contribution in [1.82, 2.24) is 25.1 Å². The van der Waals surface area contributed by atoms with Crippen molar-refractivity contribution in [3.8, 4) is 17.0 Å². The fraction of sp³-hybridized carbons (Fsp3) is 0.417. The molecule has 3 aromatic rings. The van der Waals surface area contributed by atoms with Crippen LogP contribution >= 0.6 is 0 Å². The summed E-state index contributed by atoms with van der Waals surface area (Å²) in [6.45, 7) is 13.9. The van der Waals surface area contributed by atoms with E-state index in [2.05, 4.69) is 67.3 Å². The van der Waals surface area contributed by atoms with Crippen molar-refractivity contribution in [2.75, 3.05) is 25.5 Å². The van der Waals surface area contributed by atoms with Crippen molar-refractivity contribution in [2.24, 2.45) is 5.92 Å². The molecule has 8 nitrogen and oxygen atoms in total. The van der Waals surface area contributed by atoms with Gasteiger partial charge in [0.15, 0.2) is 17.8 Å². The van der Waals surface area contributed by atoms with Gasteiger partial charge in [-0.3, -0.25) is 5.10 Å². The smallest absolute Gasteiger partial charge is 0.288 e. The van der Waals surface area contributed by atoms with E-state index < -0.39 is 0 Å². The highest BCUT2D eigenvalue weighted by Gasteiger charge is 2.21. The molecule has 0 radical (unpaired) electrons. The van der Waals surface area contributed by atoms with Crippen molar-refractivity contribution in [3.05, 3.63) is 53.6 Å². The molecule has 1 aromatic carbocycles. The average Bonchev–Trinajstić information content (AvgIpc) is 3.28. The number of ether oxygens (including phenoxy) is 1. The predicted octanol–water partition coefficient (Wildman–Crippen LogP) is 4.83. The molecule has 0 amide bonds. The van der Waals surface area contributed by atoms with Crippen LogP contribution in [0.2, 0.25) is 0 Å². The van der Waals surface area contributed by atoms with Gasteiger partial charge in [0, 0.05) is 17.7 Å². The topological polar surface area (TPSA) is 83.3 Å². The van der Waals surface area contributed by atoms with Crippen LogP contribution in [0.15, 0.2) is 36.7 Å². The lowest BCUT2D eigenvalue weighted by Crippen LogP contribution is -2.38. The van der Waals surface area contributed by atoms with Gasteiger partial charge in [-0.1, -0.05) is 12.6 Å². The lowest BCUT2D eigenvalue weighted by molar-refractivity contribution is 0.149. The van der Waals surface area contributed by atoms with Crippen LogP contribution in [0.3, 0.4) is 0 Å². The summed E-state index contributed by atoms with van der Waals surface area (Å²) in [5.41, 5.74) is 3.12. The van der Waals surface area contributed by atoms with Gasteiger partial charge in [0.2, 0.25) is 0 Å². The van der Waals surface area contributed by atoms with Crippen LogP contribution in [-0.2, 0) is 6.42 Å². The van der Waals surface area contributed by atoms with Gasteiger partial charge in [0.05, 0.1) is 19.0 Å². The van der Waals surface area contributed by atoms with E-state index >= 15 is 0 Å². The number of aromatic amines is 1. The Kier molecular flexibility index (Phi) is 6.66. The van der Waals surface area contributed by atoms with Crippen LogP contribution in [-0.4, -0.2) is 51.3 Å². The number of hydrogen-bond acceptors (Lipinski definition) is 6. The fourth-order valence-corrected chi connectivity index (χ4v) is 4.19. The zero-order chi connectivity index (χ0) is 22.5. The van der Waals surface area contributed by atoms with Crippen molar-refractivity contribution >= 4 is 17.5 Å². The van der Waals surface area contributed by atoms with E-state index in [1.165, 1.54) is 43.9 Å². The zero-order valence-corrected chi connectivity index (χ0v) is 18.8. The van der Waals surface area contributed by atoms with Crippen molar-refractivity contribution in [3.63, 3.8) is 0 Å². The number of nitrogens with zero attached hydrogens (tertiary/aromatic N) is 5. The summed E-state index contributed by atoms with van der Waals surface area (Å²) in [6, 6.07) is 8.97. The third-order valence-electron chi connectivity index (χ3n) is 6.05. The molecule has 0 unspecified atom stereocenters. The van der Waals surface area contributed by atoms with E-state index in [1.54, 1.807) is 7.11 Å². The molecular weight excluding hydrogens is 402 g/mol. The molecule has 2 aromatic heterocycles. The number of H-pyrrole nitrogens is 1. The minimum Gasteiger partial charge on any atom is -0.496 e. The summed E-state index contributed by atoms with van der Waals surface area (Å²) < 4.78 is 5.70. The van der Waals surface area contributed by atoms with Crippen LogP contribution in [0.1, 0.15) is 32.3 Å². The average molecular weight is 432 g/mol. The van der Waals surface area contributed by atoms with E-state index in [9.17, 15) is 0 Å². The lowest BCUT2D eigenvalue weighted by Gasteiger charge is -2.34. The summed E-state index contributed by atoms with van der Waals surface area (Å²) in [7, 11) is 1.70. The molecule has 8 heteroatoms. The number of nitrogens with one attached hydrogen (secondary N) is 2. The quantitative estimate of drug-likeness (QED) is 0.521. The highest BCUT2D eigenvalue weighted by atomic mass is 16.5. The molecule has 0 spiro atoms. The molecule has 4 rings (SSSR count). The number of hydrogen-bond donors (Lipinski definition) is 2. The second-order valence-corrected chi connectivity index (χ2v) is 8.48. The molecule has 1 aliphatic rings. The minimum atomic E-state index is 0.258. The maximum Gasteiger partial charge on any atom is 0.288 e. The van der Waals surface area contributed by atoms with Crippen LogP contribution < -0.4 is 10.1 Å². The lowest BCUT2D eigenvalue weighted by atomic mass is 9.89. The van der Waals surface area contributed by atoms with E-state index in [0.717, 1.165) is 29.3 Å². The number of methoxy groups -OCH3 is 1. The van der Waals surface area contributed by atoms with Gasteiger partial charge in [-0.15, -0.1) is 4.98 Å². The van der Waals surface area contributed by atoms with E-state index in [1.807, 2.05) is 6.07 Å². The molecule has 1 fully saturated rings. The van der Waals surface area contributed by atoms with Crippen molar-refractivity contribution in [2.45, 2.75) is 39.2 Å². The Morgan fingerprint density at radius 1 is 1.19 bits per heavy atom. The molecule has 0 saturated carbocycles. The van der Waals surface area contributed by atoms with Gasteiger partial charge < -0.3 is 19.8 Å². The molecule has 0 bridgehead atoms. The second kappa shape index (κ2) is 9.79. The first-order valence-electron chi connectivity index (χ1n) is 11.0. The van der Waals surface area contributed by atoms with Gasteiger partial charge in [0.1, 0.15) is 5.75 Å². The summed E-state index contributed by atoms with van der Waals surface area (Å²) in [6.07, 6.45) is 6.52. The van der Waals surface area contributed by atoms with Crippen molar-refractivity contribution < 1.29 is 4.74 Å². The molecule has 1 saturated heterocycles. The van der Waals surface area contributed by atoms with Crippen LogP contribution in [0.25, 0.3) is 16.1 Å². The second-order valence-electron chi connectivity index (χ2n) is 8.48. The maximum absolute atomic E-state index is 6.95. The highest BCUT2D eigenvalue weighted by molar-refractivity contribution is 5.71. The van der Waals surface area contributed by atoms with Crippen LogP contribution in [0, 0.1) is 12.5 Å². The van der Waals surface area contributed by atoms with E-state index in [4.69, 9.17) is 11.3 Å². The normalized spacial score (nSPS) is 15.0. The highest BCUT2D eigenvalue weighted by Crippen LogP contribution is 2.33. The molecule has 1 aliphatic heterocycles. The Bertz CT molecular complexity index is 1080. The van der Waals surface area contributed by atoms with Crippen LogP contribution in [0.4, 0.5) is 17.5 Å². The first-order valence-corrected chi connectivity index (χ1v) is 11.0. The maximum atomic E-state index is 6.95. The van der Waals surface area contributed by atoms with Gasteiger partial charge >= 0.3 is 0 Å². The molecule has 2 N–H and O–H groups in total. The third kappa shape index (κ3) is 5.06. The SMILES string of the molecule is [C-]#[N+]c1cnc(Nc2cc(-c3ccc(CC4CCN(C(C)C)CC4)cc3OC)[nH]n2)cn1. The monoisotopic (exact) mass is 431 g/mol. The predicted molar refractivity (Wildman–Crippen MR) is 125 cm³/mol. The number of aromatic nitrogens is 4. The zero-order valence-electron chi connectivity index (χ0n) is 18.8.